The maximum atomic E-state index is 12.5. The molecule has 6 nitrogen and oxygen atoms in total. The Morgan fingerprint density at radius 2 is 2.30 bits per heavy atom. The van der Waals surface area contributed by atoms with Crippen LogP contribution in [0.1, 0.15) is 43.7 Å². The summed E-state index contributed by atoms with van der Waals surface area (Å²) in [7, 11) is 1.94. The standard InChI is InChI=1S/C17H24N4O2/c1-3-6-14-12-23-10-9-21(14)17(22)18-16-11-15(20(2)19-16)13-7-4-5-8-13/h1,11,13-14H,4-10,12H2,2H3,(H,18,19,22). The Morgan fingerprint density at radius 3 is 3.04 bits per heavy atom. The van der Waals surface area contributed by atoms with E-state index in [2.05, 4.69) is 16.3 Å². The van der Waals surface area contributed by atoms with E-state index in [0.29, 0.717) is 37.9 Å². The molecule has 2 fully saturated rings. The van der Waals surface area contributed by atoms with Crippen molar-refractivity contribution in [3.8, 4) is 12.3 Å². The molecule has 6 heteroatoms. The molecule has 23 heavy (non-hydrogen) atoms. The highest BCUT2D eigenvalue weighted by atomic mass is 16.5. The Kier molecular flexibility index (Phi) is 4.87. The van der Waals surface area contributed by atoms with Crippen molar-refractivity contribution in [3.63, 3.8) is 0 Å². The molecule has 0 radical (unpaired) electrons. The highest BCUT2D eigenvalue weighted by Gasteiger charge is 2.28. The second-order valence-electron chi connectivity index (χ2n) is 6.32. The number of ether oxygens (including phenoxy) is 1. The maximum Gasteiger partial charge on any atom is 0.323 e. The number of hydrogen-bond donors (Lipinski definition) is 1. The van der Waals surface area contributed by atoms with Crippen molar-refractivity contribution in [2.75, 3.05) is 25.1 Å². The molecule has 1 unspecified atom stereocenters. The molecule has 0 bridgehead atoms. The number of carbonyl (C=O) groups excluding carboxylic acids is 1. The molecule has 1 aliphatic carbocycles. The molecule has 1 aromatic heterocycles. The second kappa shape index (κ2) is 7.05. The number of rotatable bonds is 3. The summed E-state index contributed by atoms with van der Waals surface area (Å²) < 4.78 is 7.31. The second-order valence-corrected chi connectivity index (χ2v) is 6.32. The van der Waals surface area contributed by atoms with Crippen LogP contribution < -0.4 is 5.32 Å². The van der Waals surface area contributed by atoms with Gasteiger partial charge in [-0.1, -0.05) is 12.8 Å². The normalized spacial score (nSPS) is 22.1. The van der Waals surface area contributed by atoms with Crippen LogP contribution >= 0.6 is 0 Å². The van der Waals surface area contributed by atoms with Crippen molar-refractivity contribution in [2.45, 2.75) is 44.1 Å². The van der Waals surface area contributed by atoms with Crippen molar-refractivity contribution >= 4 is 11.8 Å². The lowest BCUT2D eigenvalue weighted by molar-refractivity contribution is 0.0174. The molecule has 0 spiro atoms. The van der Waals surface area contributed by atoms with Gasteiger partial charge in [-0.05, 0) is 12.8 Å². The van der Waals surface area contributed by atoms with Crippen LogP contribution in [0.2, 0.25) is 0 Å². The van der Waals surface area contributed by atoms with Gasteiger partial charge >= 0.3 is 6.03 Å². The van der Waals surface area contributed by atoms with Crippen molar-refractivity contribution in [3.05, 3.63) is 11.8 Å². The number of hydrogen-bond acceptors (Lipinski definition) is 3. The molecule has 1 N–H and O–H groups in total. The van der Waals surface area contributed by atoms with Crippen LogP contribution in [0.15, 0.2) is 6.07 Å². The molecule has 0 aromatic carbocycles. The third kappa shape index (κ3) is 3.50. The van der Waals surface area contributed by atoms with Crippen LogP contribution in [-0.4, -0.2) is 46.5 Å². The SMILES string of the molecule is C#CCC1COCCN1C(=O)Nc1cc(C2CCCC2)n(C)n1. The molecule has 124 valence electrons. The van der Waals surface area contributed by atoms with Crippen LogP contribution in [0, 0.1) is 12.3 Å². The largest absolute Gasteiger partial charge is 0.377 e. The van der Waals surface area contributed by atoms with E-state index in [-0.39, 0.29) is 12.1 Å². The van der Waals surface area contributed by atoms with E-state index in [1.54, 1.807) is 4.90 Å². The van der Waals surface area contributed by atoms with Crippen LogP contribution in [-0.2, 0) is 11.8 Å². The molecular formula is C17H24N4O2. The quantitative estimate of drug-likeness (QED) is 0.871. The maximum absolute atomic E-state index is 12.5. The summed E-state index contributed by atoms with van der Waals surface area (Å²) in [6, 6.07) is 1.79. The van der Waals surface area contributed by atoms with Gasteiger partial charge in [0.15, 0.2) is 5.82 Å². The van der Waals surface area contributed by atoms with Gasteiger partial charge in [0, 0.05) is 37.7 Å². The number of nitrogens with one attached hydrogen (secondary N) is 1. The van der Waals surface area contributed by atoms with Crippen LogP contribution in [0.4, 0.5) is 10.6 Å². The Morgan fingerprint density at radius 1 is 1.52 bits per heavy atom. The van der Waals surface area contributed by atoms with E-state index < -0.39 is 0 Å². The van der Waals surface area contributed by atoms with Gasteiger partial charge < -0.3 is 9.64 Å². The highest BCUT2D eigenvalue weighted by molar-refractivity contribution is 5.88. The molecule has 3 rings (SSSR count). The third-order valence-electron chi connectivity index (χ3n) is 4.77. The number of morpholine rings is 1. The van der Waals surface area contributed by atoms with Crippen molar-refractivity contribution in [1.29, 1.82) is 0 Å². The zero-order valence-electron chi connectivity index (χ0n) is 13.6. The van der Waals surface area contributed by atoms with Crippen molar-refractivity contribution in [1.82, 2.24) is 14.7 Å². The first-order valence-corrected chi connectivity index (χ1v) is 8.32. The lowest BCUT2D eigenvalue weighted by Crippen LogP contribution is -2.50. The van der Waals surface area contributed by atoms with Crippen LogP contribution in [0.25, 0.3) is 0 Å². The summed E-state index contributed by atoms with van der Waals surface area (Å²) in [4.78, 5) is 14.3. The minimum Gasteiger partial charge on any atom is -0.377 e. The predicted molar refractivity (Wildman–Crippen MR) is 88.2 cm³/mol. The lowest BCUT2D eigenvalue weighted by Gasteiger charge is -2.34. The van der Waals surface area contributed by atoms with Gasteiger partial charge in [0.2, 0.25) is 0 Å². The van der Waals surface area contributed by atoms with Gasteiger partial charge in [0.05, 0.1) is 19.3 Å². The van der Waals surface area contributed by atoms with Crippen molar-refractivity contribution in [2.24, 2.45) is 7.05 Å². The van der Waals surface area contributed by atoms with E-state index in [9.17, 15) is 4.79 Å². The Bertz CT molecular complexity index is 598. The molecule has 1 atom stereocenters. The van der Waals surface area contributed by atoms with Crippen LogP contribution in [0.3, 0.4) is 0 Å². The fourth-order valence-electron chi connectivity index (χ4n) is 3.56. The van der Waals surface area contributed by atoms with E-state index in [4.69, 9.17) is 11.2 Å². The summed E-state index contributed by atoms with van der Waals surface area (Å²) in [5.74, 6) is 3.80. The minimum atomic E-state index is -0.148. The number of carbonyl (C=O) groups is 1. The first-order valence-electron chi connectivity index (χ1n) is 8.32. The molecule has 1 aromatic rings. The minimum absolute atomic E-state index is 0.0632. The van der Waals surface area contributed by atoms with E-state index >= 15 is 0 Å². The molecule has 1 saturated heterocycles. The monoisotopic (exact) mass is 316 g/mol. The lowest BCUT2D eigenvalue weighted by atomic mass is 10.0. The summed E-state index contributed by atoms with van der Waals surface area (Å²) in [5, 5.41) is 7.36. The Labute approximate surface area is 137 Å². The van der Waals surface area contributed by atoms with E-state index in [1.165, 1.54) is 31.4 Å². The molecule has 1 aliphatic heterocycles. The smallest absolute Gasteiger partial charge is 0.323 e. The molecular weight excluding hydrogens is 292 g/mol. The van der Waals surface area contributed by atoms with Crippen molar-refractivity contribution < 1.29 is 9.53 Å². The van der Waals surface area contributed by atoms with Gasteiger partial charge in [-0.15, -0.1) is 12.3 Å². The molecule has 1 saturated carbocycles. The Hall–Kier alpha value is -2.00. The van der Waals surface area contributed by atoms with Gasteiger partial charge in [-0.3, -0.25) is 10.00 Å². The number of nitrogens with zero attached hydrogens (tertiary/aromatic N) is 3. The first kappa shape index (κ1) is 15.9. The van der Waals surface area contributed by atoms with Gasteiger partial charge in [0.25, 0.3) is 0 Å². The summed E-state index contributed by atoms with van der Waals surface area (Å²) in [6.07, 6.45) is 10.9. The first-order chi connectivity index (χ1) is 11.2. The predicted octanol–water partition coefficient (Wildman–Crippen LogP) is 2.33. The fraction of sp³-hybridized carbons (Fsp3) is 0.647. The summed E-state index contributed by atoms with van der Waals surface area (Å²) in [5.41, 5.74) is 1.21. The third-order valence-corrected chi connectivity index (χ3v) is 4.77. The Balaban J connectivity index is 1.67. The van der Waals surface area contributed by atoms with Gasteiger partial charge in [-0.2, -0.15) is 5.10 Å². The zero-order valence-corrected chi connectivity index (χ0v) is 13.6. The number of aryl methyl sites for hydroxylation is 1. The van der Waals surface area contributed by atoms with Gasteiger partial charge in [0.1, 0.15) is 0 Å². The number of terminal acetylenes is 1. The summed E-state index contributed by atoms with van der Waals surface area (Å²) in [6.45, 7) is 1.59. The number of urea groups is 1. The number of amides is 2. The average Bonchev–Trinajstić information content (AvgIpc) is 3.17. The summed E-state index contributed by atoms with van der Waals surface area (Å²) >= 11 is 0. The van der Waals surface area contributed by atoms with Gasteiger partial charge in [-0.25, -0.2) is 4.79 Å². The molecule has 2 aliphatic rings. The van der Waals surface area contributed by atoms with Crippen LogP contribution in [0.5, 0.6) is 0 Å². The topological polar surface area (TPSA) is 59.4 Å². The molecule has 2 heterocycles. The number of anilines is 1. The zero-order chi connectivity index (χ0) is 16.2. The fourth-order valence-corrected chi connectivity index (χ4v) is 3.56. The average molecular weight is 316 g/mol. The highest BCUT2D eigenvalue weighted by Crippen LogP contribution is 2.34. The molecule has 2 amide bonds. The van der Waals surface area contributed by atoms with E-state index in [0.717, 1.165) is 0 Å². The number of aromatic nitrogens is 2. The van der Waals surface area contributed by atoms with E-state index in [1.807, 2.05) is 17.8 Å².